The van der Waals surface area contributed by atoms with Crippen molar-refractivity contribution in [3.05, 3.63) is 26.4 Å². The molecule has 0 saturated heterocycles. The van der Waals surface area contributed by atoms with Crippen molar-refractivity contribution >= 4 is 37.8 Å². The Kier molecular flexibility index (Phi) is 4.07. The van der Waals surface area contributed by atoms with Crippen LogP contribution in [0.3, 0.4) is 0 Å². The lowest BCUT2D eigenvalue weighted by atomic mass is 10.2. The predicted molar refractivity (Wildman–Crippen MR) is 60.3 cm³/mol. The molecule has 5 heteroatoms. The molecule has 0 bridgehead atoms. The minimum absolute atomic E-state index is 0.342. The standard InChI is InChI=1S/C9H9Br2NO2/c1-3-14-9(13)6-4-7(10)8(11)12-5(6)2/h4H,3H2,1-2H3. The zero-order valence-electron chi connectivity index (χ0n) is 7.80. The maximum Gasteiger partial charge on any atom is 0.340 e. The molecule has 76 valence electrons. The summed E-state index contributed by atoms with van der Waals surface area (Å²) in [6, 6.07) is 1.70. The number of esters is 1. The number of aromatic nitrogens is 1. The number of nitrogens with zero attached hydrogens (tertiary/aromatic N) is 1. The van der Waals surface area contributed by atoms with Crippen molar-refractivity contribution in [2.75, 3.05) is 6.61 Å². The van der Waals surface area contributed by atoms with E-state index in [1.54, 1.807) is 19.9 Å². The van der Waals surface area contributed by atoms with Crippen LogP contribution >= 0.6 is 31.9 Å². The van der Waals surface area contributed by atoms with Crippen LogP contribution in [0, 0.1) is 6.92 Å². The maximum absolute atomic E-state index is 11.4. The van der Waals surface area contributed by atoms with Gasteiger partial charge >= 0.3 is 5.97 Å². The number of hydrogen-bond acceptors (Lipinski definition) is 3. The molecule has 0 fully saturated rings. The number of aryl methyl sites for hydroxylation is 1. The van der Waals surface area contributed by atoms with E-state index in [-0.39, 0.29) is 5.97 Å². The topological polar surface area (TPSA) is 39.2 Å². The highest BCUT2D eigenvalue weighted by atomic mass is 79.9. The molecule has 0 atom stereocenters. The number of pyridine rings is 1. The molecular weight excluding hydrogens is 314 g/mol. The maximum atomic E-state index is 11.4. The Bertz CT molecular complexity index is 366. The van der Waals surface area contributed by atoms with Gasteiger partial charge in [0.25, 0.3) is 0 Å². The summed E-state index contributed by atoms with van der Waals surface area (Å²) in [5, 5.41) is 0. The summed E-state index contributed by atoms with van der Waals surface area (Å²) in [4.78, 5) is 15.6. The molecule has 0 aliphatic rings. The molecule has 1 aromatic heterocycles. The number of hydrogen-bond donors (Lipinski definition) is 0. The molecule has 0 radical (unpaired) electrons. The van der Waals surface area contributed by atoms with Gasteiger partial charge in [0, 0.05) is 0 Å². The van der Waals surface area contributed by atoms with Crippen molar-refractivity contribution in [2.45, 2.75) is 13.8 Å². The van der Waals surface area contributed by atoms with Crippen molar-refractivity contribution in [1.82, 2.24) is 4.98 Å². The van der Waals surface area contributed by atoms with Gasteiger partial charge in [-0.1, -0.05) is 0 Å². The molecule has 0 unspecified atom stereocenters. The fourth-order valence-corrected chi connectivity index (χ4v) is 1.67. The second-order valence-electron chi connectivity index (χ2n) is 2.61. The lowest BCUT2D eigenvalue weighted by Gasteiger charge is -2.06. The van der Waals surface area contributed by atoms with Crippen molar-refractivity contribution in [3.63, 3.8) is 0 Å². The fourth-order valence-electron chi connectivity index (χ4n) is 0.967. The van der Waals surface area contributed by atoms with E-state index in [1.165, 1.54) is 0 Å². The molecule has 0 aliphatic carbocycles. The van der Waals surface area contributed by atoms with Gasteiger partial charge in [0.2, 0.25) is 0 Å². The molecule has 0 N–H and O–H groups in total. The second-order valence-corrected chi connectivity index (χ2v) is 4.22. The number of halogens is 2. The van der Waals surface area contributed by atoms with E-state index >= 15 is 0 Å². The summed E-state index contributed by atoms with van der Waals surface area (Å²) < 4.78 is 6.31. The van der Waals surface area contributed by atoms with Crippen LogP contribution in [0.5, 0.6) is 0 Å². The van der Waals surface area contributed by atoms with E-state index < -0.39 is 0 Å². The summed E-state index contributed by atoms with van der Waals surface area (Å²) in [7, 11) is 0. The highest BCUT2D eigenvalue weighted by molar-refractivity contribution is 9.13. The molecule has 1 heterocycles. The first kappa shape index (κ1) is 11.7. The highest BCUT2D eigenvalue weighted by Crippen LogP contribution is 2.23. The molecule has 0 amide bonds. The Morgan fingerprint density at radius 1 is 1.57 bits per heavy atom. The van der Waals surface area contributed by atoms with E-state index in [0.717, 1.165) is 4.47 Å². The summed E-state index contributed by atoms with van der Waals surface area (Å²) >= 11 is 6.54. The number of ether oxygens (including phenoxy) is 1. The monoisotopic (exact) mass is 321 g/mol. The van der Waals surface area contributed by atoms with Crippen LogP contribution in [-0.2, 0) is 4.74 Å². The average molecular weight is 323 g/mol. The minimum atomic E-state index is -0.342. The van der Waals surface area contributed by atoms with Gasteiger partial charge in [0.05, 0.1) is 22.3 Å². The van der Waals surface area contributed by atoms with Crippen LogP contribution in [0.25, 0.3) is 0 Å². The van der Waals surface area contributed by atoms with Crippen LogP contribution in [0.2, 0.25) is 0 Å². The van der Waals surface area contributed by atoms with E-state index in [4.69, 9.17) is 4.74 Å². The molecule has 14 heavy (non-hydrogen) atoms. The number of carbonyl (C=O) groups is 1. The third-order valence-electron chi connectivity index (χ3n) is 1.62. The van der Waals surface area contributed by atoms with Gasteiger partial charge in [0.15, 0.2) is 0 Å². The quantitative estimate of drug-likeness (QED) is 0.620. The lowest BCUT2D eigenvalue weighted by Crippen LogP contribution is -2.08. The molecule has 0 spiro atoms. The summed E-state index contributed by atoms with van der Waals surface area (Å²) in [5.74, 6) is -0.342. The van der Waals surface area contributed by atoms with Crippen LogP contribution in [-0.4, -0.2) is 17.6 Å². The van der Waals surface area contributed by atoms with E-state index in [9.17, 15) is 4.79 Å². The molecule has 1 aromatic rings. The molecule has 0 aromatic carbocycles. The molecule has 3 nitrogen and oxygen atoms in total. The Morgan fingerprint density at radius 3 is 2.79 bits per heavy atom. The second kappa shape index (κ2) is 4.89. The number of carbonyl (C=O) groups excluding carboxylic acids is 1. The smallest absolute Gasteiger partial charge is 0.340 e. The summed E-state index contributed by atoms with van der Waals surface area (Å²) in [6.45, 7) is 3.91. The van der Waals surface area contributed by atoms with E-state index in [2.05, 4.69) is 36.8 Å². The van der Waals surface area contributed by atoms with E-state index in [0.29, 0.717) is 22.5 Å². The molecular formula is C9H9Br2NO2. The van der Waals surface area contributed by atoms with Gasteiger partial charge in [-0.05, 0) is 51.8 Å². The van der Waals surface area contributed by atoms with Crippen molar-refractivity contribution in [3.8, 4) is 0 Å². The van der Waals surface area contributed by atoms with Crippen molar-refractivity contribution < 1.29 is 9.53 Å². The van der Waals surface area contributed by atoms with Crippen LogP contribution in [0.1, 0.15) is 23.0 Å². The van der Waals surface area contributed by atoms with Gasteiger partial charge < -0.3 is 4.74 Å². The zero-order chi connectivity index (χ0) is 10.7. The zero-order valence-corrected chi connectivity index (χ0v) is 11.0. The largest absolute Gasteiger partial charge is 0.462 e. The number of rotatable bonds is 2. The van der Waals surface area contributed by atoms with Crippen molar-refractivity contribution in [1.29, 1.82) is 0 Å². The fraction of sp³-hybridized carbons (Fsp3) is 0.333. The van der Waals surface area contributed by atoms with E-state index in [1.807, 2.05) is 0 Å². The predicted octanol–water partition coefficient (Wildman–Crippen LogP) is 3.09. The first-order valence-corrected chi connectivity index (χ1v) is 5.64. The molecule has 1 rings (SSSR count). The highest BCUT2D eigenvalue weighted by Gasteiger charge is 2.13. The first-order chi connectivity index (χ1) is 6.56. The first-order valence-electron chi connectivity index (χ1n) is 4.06. The Labute approximate surface area is 99.1 Å². The SMILES string of the molecule is CCOC(=O)c1cc(Br)c(Br)nc1C. The van der Waals surface area contributed by atoms with Gasteiger partial charge in [0.1, 0.15) is 4.60 Å². The van der Waals surface area contributed by atoms with Gasteiger partial charge in [-0.25, -0.2) is 9.78 Å². The van der Waals surface area contributed by atoms with Gasteiger partial charge in [-0.15, -0.1) is 0 Å². The Morgan fingerprint density at radius 2 is 2.21 bits per heavy atom. The minimum Gasteiger partial charge on any atom is -0.462 e. The van der Waals surface area contributed by atoms with Crippen LogP contribution < -0.4 is 0 Å². The van der Waals surface area contributed by atoms with Gasteiger partial charge in [-0.2, -0.15) is 0 Å². The van der Waals surface area contributed by atoms with Gasteiger partial charge in [-0.3, -0.25) is 0 Å². The Hall–Kier alpha value is -0.420. The summed E-state index contributed by atoms with van der Waals surface area (Å²) in [6.07, 6.45) is 0. The summed E-state index contributed by atoms with van der Waals surface area (Å²) in [5.41, 5.74) is 1.14. The molecule has 0 aliphatic heterocycles. The normalized spacial score (nSPS) is 10.0. The third-order valence-corrected chi connectivity index (χ3v) is 3.36. The Balaban J connectivity index is 3.09. The molecule has 0 saturated carbocycles. The van der Waals surface area contributed by atoms with Crippen molar-refractivity contribution in [2.24, 2.45) is 0 Å². The average Bonchev–Trinajstić information content (AvgIpc) is 2.11. The third kappa shape index (κ3) is 2.54. The van der Waals surface area contributed by atoms with Crippen LogP contribution in [0.15, 0.2) is 15.1 Å². The van der Waals surface area contributed by atoms with Crippen LogP contribution in [0.4, 0.5) is 0 Å². The lowest BCUT2D eigenvalue weighted by molar-refractivity contribution is 0.0525.